The Kier molecular flexibility index (Phi) is 6.80. The predicted octanol–water partition coefficient (Wildman–Crippen LogP) is 7.51. The number of halogens is 1. The zero-order chi connectivity index (χ0) is 21.5. The summed E-state index contributed by atoms with van der Waals surface area (Å²) < 4.78 is 13.3. The van der Waals surface area contributed by atoms with Gasteiger partial charge in [-0.25, -0.2) is 4.39 Å². The molecule has 0 atom stereocenters. The molecule has 4 aromatic carbocycles. The molecular weight excluding hydrogens is 379 g/mol. The molecule has 0 fully saturated rings. The highest BCUT2D eigenvalue weighted by Gasteiger charge is 1.99. The van der Waals surface area contributed by atoms with Gasteiger partial charge in [0, 0.05) is 11.1 Å². The Morgan fingerprint density at radius 2 is 1.10 bits per heavy atom. The third kappa shape index (κ3) is 5.83. The second kappa shape index (κ2) is 10.1. The van der Waals surface area contributed by atoms with Crippen LogP contribution in [0.5, 0.6) is 0 Å². The fraction of sp³-hybridized carbons (Fsp3) is 0.200. The first-order valence-corrected chi connectivity index (χ1v) is 11.1. The van der Waals surface area contributed by atoms with Crippen molar-refractivity contribution in [1.82, 2.24) is 0 Å². The van der Waals surface area contributed by atoms with Crippen molar-refractivity contribution in [2.75, 3.05) is 0 Å². The molecule has 0 nitrogen and oxygen atoms in total. The number of rotatable bonds is 6. The van der Waals surface area contributed by atoms with Crippen molar-refractivity contribution in [2.24, 2.45) is 0 Å². The number of benzene rings is 4. The Bertz CT molecular complexity index is 1210. The van der Waals surface area contributed by atoms with Gasteiger partial charge < -0.3 is 0 Å². The fourth-order valence-electron chi connectivity index (χ4n) is 3.74. The Labute approximate surface area is 184 Å². The van der Waals surface area contributed by atoms with Crippen LogP contribution in [0.1, 0.15) is 47.6 Å². The van der Waals surface area contributed by atoms with Crippen LogP contribution < -0.4 is 0 Å². The summed E-state index contributed by atoms with van der Waals surface area (Å²) in [7, 11) is 0. The van der Waals surface area contributed by atoms with Gasteiger partial charge in [0.25, 0.3) is 0 Å². The van der Waals surface area contributed by atoms with Crippen molar-refractivity contribution in [3.63, 3.8) is 0 Å². The summed E-state index contributed by atoms with van der Waals surface area (Å²) in [5, 5.41) is 1.90. The van der Waals surface area contributed by atoms with Gasteiger partial charge >= 0.3 is 0 Å². The fourth-order valence-corrected chi connectivity index (χ4v) is 3.74. The lowest BCUT2D eigenvalue weighted by molar-refractivity contribution is 0.630. The van der Waals surface area contributed by atoms with Crippen LogP contribution in [0.25, 0.3) is 10.8 Å². The van der Waals surface area contributed by atoms with Crippen LogP contribution in [0, 0.1) is 17.7 Å². The molecule has 0 aliphatic heterocycles. The van der Waals surface area contributed by atoms with E-state index in [1.165, 1.54) is 42.0 Å². The molecule has 0 amide bonds. The van der Waals surface area contributed by atoms with E-state index in [4.69, 9.17) is 0 Å². The molecule has 154 valence electrons. The first-order chi connectivity index (χ1) is 15.2. The highest BCUT2D eigenvalue weighted by Crippen LogP contribution is 2.17. The SMILES string of the molecule is CCCCc1ccc(CCc2ccc(C#Cc3ccc4cc(F)ccc4c3)cc2)cc1. The third-order valence-electron chi connectivity index (χ3n) is 5.65. The second-order valence-electron chi connectivity index (χ2n) is 8.07. The van der Waals surface area contributed by atoms with Crippen molar-refractivity contribution in [1.29, 1.82) is 0 Å². The molecule has 0 saturated carbocycles. The van der Waals surface area contributed by atoms with Gasteiger partial charge in [0.2, 0.25) is 0 Å². The molecule has 0 radical (unpaired) electrons. The van der Waals surface area contributed by atoms with E-state index in [0.717, 1.165) is 34.7 Å². The van der Waals surface area contributed by atoms with E-state index in [-0.39, 0.29) is 5.82 Å². The highest BCUT2D eigenvalue weighted by molar-refractivity contribution is 5.83. The Balaban J connectivity index is 1.36. The molecule has 0 aliphatic rings. The predicted molar refractivity (Wildman–Crippen MR) is 129 cm³/mol. The minimum Gasteiger partial charge on any atom is -0.207 e. The maximum absolute atomic E-state index is 13.3. The van der Waals surface area contributed by atoms with E-state index in [1.807, 2.05) is 18.2 Å². The molecule has 31 heavy (non-hydrogen) atoms. The summed E-state index contributed by atoms with van der Waals surface area (Å²) in [5.41, 5.74) is 6.09. The van der Waals surface area contributed by atoms with E-state index in [2.05, 4.69) is 67.3 Å². The molecule has 4 rings (SSSR count). The molecule has 0 unspecified atom stereocenters. The molecule has 0 heterocycles. The van der Waals surface area contributed by atoms with Gasteiger partial charge in [0.05, 0.1) is 0 Å². The van der Waals surface area contributed by atoms with Crippen molar-refractivity contribution < 1.29 is 4.39 Å². The van der Waals surface area contributed by atoms with Gasteiger partial charge in [0.15, 0.2) is 0 Å². The molecule has 0 aliphatic carbocycles. The molecule has 0 aromatic heterocycles. The van der Waals surface area contributed by atoms with Crippen molar-refractivity contribution in [3.05, 3.63) is 119 Å². The summed E-state index contributed by atoms with van der Waals surface area (Å²) >= 11 is 0. The van der Waals surface area contributed by atoms with E-state index >= 15 is 0 Å². The lowest BCUT2D eigenvalue weighted by Crippen LogP contribution is -1.92. The zero-order valence-corrected chi connectivity index (χ0v) is 18.0. The minimum atomic E-state index is -0.213. The Hall–Kier alpha value is -3.37. The van der Waals surface area contributed by atoms with Gasteiger partial charge in [-0.3, -0.25) is 0 Å². The maximum atomic E-state index is 13.3. The van der Waals surface area contributed by atoms with Crippen LogP contribution >= 0.6 is 0 Å². The average Bonchev–Trinajstić information content (AvgIpc) is 2.81. The summed E-state index contributed by atoms with van der Waals surface area (Å²) in [5.74, 6) is 6.25. The molecule has 1 heteroatoms. The van der Waals surface area contributed by atoms with Crippen LogP contribution in [0.2, 0.25) is 0 Å². The molecule has 0 bridgehead atoms. The minimum absolute atomic E-state index is 0.213. The third-order valence-corrected chi connectivity index (χ3v) is 5.65. The lowest BCUT2D eigenvalue weighted by Gasteiger charge is -2.05. The number of unbranched alkanes of at least 4 members (excludes halogenated alkanes) is 1. The smallest absolute Gasteiger partial charge is 0.123 e. The van der Waals surface area contributed by atoms with E-state index in [9.17, 15) is 4.39 Å². The lowest BCUT2D eigenvalue weighted by atomic mass is 10.0. The van der Waals surface area contributed by atoms with Gasteiger partial charge in [0.1, 0.15) is 5.82 Å². The average molecular weight is 407 g/mol. The Morgan fingerprint density at radius 3 is 1.77 bits per heavy atom. The van der Waals surface area contributed by atoms with Crippen molar-refractivity contribution in [2.45, 2.75) is 39.0 Å². The van der Waals surface area contributed by atoms with Crippen molar-refractivity contribution in [3.8, 4) is 11.8 Å². The van der Waals surface area contributed by atoms with Crippen molar-refractivity contribution >= 4 is 10.8 Å². The highest BCUT2D eigenvalue weighted by atomic mass is 19.1. The number of hydrogen-bond donors (Lipinski definition) is 0. The van der Waals surface area contributed by atoms with E-state index < -0.39 is 0 Å². The summed E-state index contributed by atoms with van der Waals surface area (Å²) in [6.45, 7) is 2.23. The molecule has 0 spiro atoms. The molecule has 0 N–H and O–H groups in total. The van der Waals surface area contributed by atoms with Gasteiger partial charge in [-0.05, 0) is 89.5 Å². The Morgan fingerprint density at radius 1 is 0.581 bits per heavy atom. The topological polar surface area (TPSA) is 0 Å². The monoisotopic (exact) mass is 406 g/mol. The van der Waals surface area contributed by atoms with Crippen LogP contribution in [0.3, 0.4) is 0 Å². The maximum Gasteiger partial charge on any atom is 0.123 e. The van der Waals surface area contributed by atoms with E-state index in [1.54, 1.807) is 12.1 Å². The van der Waals surface area contributed by atoms with Crippen LogP contribution in [-0.4, -0.2) is 0 Å². The first kappa shape index (κ1) is 20.9. The normalized spacial score (nSPS) is 10.6. The standard InChI is InChI=1S/C30H27F/c1-2-3-4-23-5-7-24(8-6-23)9-10-25-11-13-26(14-12-25)15-16-27-17-18-29-22-30(31)20-19-28(29)21-27/h5-8,11-14,17-22H,2-4,9-10H2,1H3. The van der Waals surface area contributed by atoms with Gasteiger partial charge in [-0.1, -0.05) is 73.7 Å². The van der Waals surface area contributed by atoms with E-state index in [0.29, 0.717) is 0 Å². The van der Waals surface area contributed by atoms with Crippen LogP contribution in [0.15, 0.2) is 84.9 Å². The number of fused-ring (bicyclic) bond motifs is 1. The zero-order valence-electron chi connectivity index (χ0n) is 18.0. The van der Waals surface area contributed by atoms with Crippen LogP contribution in [-0.2, 0) is 19.3 Å². The summed E-state index contributed by atoms with van der Waals surface area (Å²) in [6.07, 6.45) is 5.76. The molecule has 4 aromatic rings. The summed E-state index contributed by atoms with van der Waals surface area (Å²) in [6, 6.07) is 28.3. The first-order valence-electron chi connectivity index (χ1n) is 11.1. The summed E-state index contributed by atoms with van der Waals surface area (Å²) in [4.78, 5) is 0. The number of hydrogen-bond acceptors (Lipinski definition) is 0. The van der Waals surface area contributed by atoms with Gasteiger partial charge in [-0.2, -0.15) is 0 Å². The number of aryl methyl sites for hydroxylation is 3. The quantitative estimate of drug-likeness (QED) is 0.291. The van der Waals surface area contributed by atoms with Crippen LogP contribution in [0.4, 0.5) is 4.39 Å². The van der Waals surface area contributed by atoms with Gasteiger partial charge in [-0.15, -0.1) is 0 Å². The second-order valence-corrected chi connectivity index (χ2v) is 8.07. The molecule has 0 saturated heterocycles. The largest absolute Gasteiger partial charge is 0.207 e. The molecular formula is C30H27F.